The molecule has 4 heteroatoms. The fourth-order valence-corrected chi connectivity index (χ4v) is 1.86. The third-order valence-electron chi connectivity index (χ3n) is 2.35. The lowest BCUT2D eigenvalue weighted by Crippen LogP contribution is -2.21. The zero-order chi connectivity index (χ0) is 10.1. The van der Waals surface area contributed by atoms with Crippen LogP contribution in [0, 0.1) is 0 Å². The van der Waals surface area contributed by atoms with Gasteiger partial charge in [0.2, 0.25) is 0 Å². The Morgan fingerprint density at radius 3 is 3.07 bits per heavy atom. The number of methoxy groups -OCH3 is 1. The van der Waals surface area contributed by atoms with Crippen molar-refractivity contribution in [2.45, 2.75) is 12.5 Å². The average molecular weight is 214 g/mol. The third-order valence-corrected chi connectivity index (χ3v) is 2.56. The minimum atomic E-state index is -0.0223. The van der Waals surface area contributed by atoms with Gasteiger partial charge in [0.05, 0.1) is 19.3 Å². The maximum Gasteiger partial charge on any atom is 0.129 e. The first-order valence-electron chi connectivity index (χ1n) is 4.48. The normalized spacial score (nSPS) is 19.8. The van der Waals surface area contributed by atoms with Crippen LogP contribution < -0.4 is 15.2 Å². The maximum atomic E-state index is 5.97. The van der Waals surface area contributed by atoms with Crippen LogP contribution in [-0.2, 0) is 0 Å². The molecule has 1 aromatic rings. The summed E-state index contributed by atoms with van der Waals surface area (Å²) in [6.45, 7) is 0.637. The molecule has 2 N–H and O–H groups in total. The van der Waals surface area contributed by atoms with Gasteiger partial charge in [0, 0.05) is 17.5 Å². The molecule has 0 saturated carbocycles. The Labute approximate surface area is 87.8 Å². The van der Waals surface area contributed by atoms with E-state index in [1.165, 1.54) is 0 Å². The smallest absolute Gasteiger partial charge is 0.129 e. The lowest BCUT2D eigenvalue weighted by atomic mass is 10.0. The van der Waals surface area contributed by atoms with E-state index < -0.39 is 0 Å². The van der Waals surface area contributed by atoms with Crippen molar-refractivity contribution in [1.29, 1.82) is 0 Å². The topological polar surface area (TPSA) is 44.5 Å². The second-order valence-corrected chi connectivity index (χ2v) is 3.70. The molecule has 2 rings (SSSR count). The van der Waals surface area contributed by atoms with Gasteiger partial charge in [-0.25, -0.2) is 0 Å². The van der Waals surface area contributed by atoms with Gasteiger partial charge in [-0.15, -0.1) is 0 Å². The Balaban J connectivity index is 2.55. The first-order chi connectivity index (χ1) is 6.72. The van der Waals surface area contributed by atoms with E-state index in [0.717, 1.165) is 17.7 Å². The van der Waals surface area contributed by atoms with Crippen molar-refractivity contribution in [3.8, 4) is 11.5 Å². The van der Waals surface area contributed by atoms with E-state index in [4.69, 9.17) is 26.8 Å². The summed E-state index contributed by atoms with van der Waals surface area (Å²) in [6, 6.07) is 3.51. The van der Waals surface area contributed by atoms with Crippen LogP contribution in [0.5, 0.6) is 11.5 Å². The van der Waals surface area contributed by atoms with Gasteiger partial charge in [-0.1, -0.05) is 11.6 Å². The minimum absolute atomic E-state index is 0.0223. The van der Waals surface area contributed by atoms with E-state index >= 15 is 0 Å². The van der Waals surface area contributed by atoms with Crippen molar-refractivity contribution in [2.75, 3.05) is 13.7 Å². The molecule has 1 heterocycles. The standard InChI is InChI=1S/C10H12ClNO2/c1-13-8-4-6(11)5-9-10(8)7(12)2-3-14-9/h4-5,7H,2-3,12H2,1H3/t7-/m1/s1. The van der Waals surface area contributed by atoms with Crippen LogP contribution in [0.15, 0.2) is 12.1 Å². The number of ether oxygens (including phenoxy) is 2. The summed E-state index contributed by atoms with van der Waals surface area (Å²) < 4.78 is 10.7. The summed E-state index contributed by atoms with van der Waals surface area (Å²) in [5.41, 5.74) is 6.89. The molecule has 1 aromatic carbocycles. The molecule has 0 saturated heterocycles. The van der Waals surface area contributed by atoms with Crippen molar-refractivity contribution in [2.24, 2.45) is 5.73 Å². The lowest BCUT2D eigenvalue weighted by molar-refractivity contribution is 0.262. The molecular formula is C10H12ClNO2. The van der Waals surface area contributed by atoms with Crippen molar-refractivity contribution in [3.63, 3.8) is 0 Å². The Kier molecular flexibility index (Phi) is 2.52. The molecule has 0 fully saturated rings. The highest BCUT2D eigenvalue weighted by atomic mass is 35.5. The summed E-state index contributed by atoms with van der Waals surface area (Å²) in [4.78, 5) is 0. The highest BCUT2D eigenvalue weighted by Gasteiger charge is 2.22. The van der Waals surface area contributed by atoms with Crippen molar-refractivity contribution in [1.82, 2.24) is 0 Å². The molecule has 0 bridgehead atoms. The summed E-state index contributed by atoms with van der Waals surface area (Å²) in [7, 11) is 1.60. The Bertz CT molecular complexity index is 337. The molecule has 0 aromatic heterocycles. The van der Waals surface area contributed by atoms with E-state index in [0.29, 0.717) is 17.4 Å². The van der Waals surface area contributed by atoms with Crippen molar-refractivity contribution >= 4 is 11.6 Å². The third kappa shape index (κ3) is 1.53. The molecule has 3 nitrogen and oxygen atoms in total. The van der Waals surface area contributed by atoms with Crippen LogP contribution in [0.4, 0.5) is 0 Å². The predicted octanol–water partition coefficient (Wildman–Crippen LogP) is 2.13. The molecule has 1 atom stereocenters. The molecular weight excluding hydrogens is 202 g/mol. The van der Waals surface area contributed by atoms with Gasteiger partial charge in [0.25, 0.3) is 0 Å². The second-order valence-electron chi connectivity index (χ2n) is 3.26. The van der Waals surface area contributed by atoms with E-state index in [-0.39, 0.29) is 6.04 Å². The summed E-state index contributed by atoms with van der Waals surface area (Å²) >= 11 is 5.91. The highest BCUT2D eigenvalue weighted by molar-refractivity contribution is 6.30. The maximum absolute atomic E-state index is 5.97. The molecule has 1 aliphatic rings. The van der Waals surface area contributed by atoms with Crippen LogP contribution in [0.1, 0.15) is 18.0 Å². The molecule has 0 spiro atoms. The van der Waals surface area contributed by atoms with Crippen LogP contribution in [-0.4, -0.2) is 13.7 Å². The summed E-state index contributed by atoms with van der Waals surface area (Å²) in [6.07, 6.45) is 0.811. The fraction of sp³-hybridized carbons (Fsp3) is 0.400. The average Bonchev–Trinajstić information content (AvgIpc) is 2.16. The largest absolute Gasteiger partial charge is 0.496 e. The number of nitrogens with two attached hydrogens (primary N) is 1. The fourth-order valence-electron chi connectivity index (χ4n) is 1.66. The van der Waals surface area contributed by atoms with Crippen molar-refractivity contribution in [3.05, 3.63) is 22.7 Å². The van der Waals surface area contributed by atoms with Gasteiger partial charge in [-0.3, -0.25) is 0 Å². The Morgan fingerprint density at radius 1 is 1.57 bits per heavy atom. The van der Waals surface area contributed by atoms with Crippen LogP contribution in [0.3, 0.4) is 0 Å². The van der Waals surface area contributed by atoms with Crippen LogP contribution in [0.2, 0.25) is 5.02 Å². The van der Waals surface area contributed by atoms with Crippen LogP contribution >= 0.6 is 11.6 Å². The van der Waals surface area contributed by atoms with Gasteiger partial charge in [-0.05, 0) is 12.1 Å². The molecule has 0 aliphatic carbocycles. The molecule has 0 radical (unpaired) electrons. The molecule has 1 aliphatic heterocycles. The number of rotatable bonds is 1. The van der Waals surface area contributed by atoms with Gasteiger partial charge in [0.1, 0.15) is 11.5 Å². The Morgan fingerprint density at radius 2 is 2.36 bits per heavy atom. The molecule has 0 amide bonds. The first kappa shape index (κ1) is 9.62. The zero-order valence-electron chi connectivity index (χ0n) is 7.92. The Hall–Kier alpha value is -0.930. The van der Waals surface area contributed by atoms with Gasteiger partial charge >= 0.3 is 0 Å². The summed E-state index contributed by atoms with van der Waals surface area (Å²) in [5, 5.41) is 0.606. The zero-order valence-corrected chi connectivity index (χ0v) is 8.67. The van der Waals surface area contributed by atoms with E-state index in [2.05, 4.69) is 0 Å². The highest BCUT2D eigenvalue weighted by Crippen LogP contribution is 2.39. The predicted molar refractivity (Wildman–Crippen MR) is 55.0 cm³/mol. The van der Waals surface area contributed by atoms with Crippen LogP contribution in [0.25, 0.3) is 0 Å². The van der Waals surface area contributed by atoms with Gasteiger partial charge < -0.3 is 15.2 Å². The number of fused-ring (bicyclic) bond motifs is 1. The van der Waals surface area contributed by atoms with E-state index in [1.807, 2.05) is 0 Å². The first-order valence-corrected chi connectivity index (χ1v) is 4.86. The SMILES string of the molecule is COc1cc(Cl)cc2c1[C@H](N)CCO2. The summed E-state index contributed by atoms with van der Waals surface area (Å²) in [5.74, 6) is 1.45. The number of hydrogen-bond donors (Lipinski definition) is 1. The van der Waals surface area contributed by atoms with E-state index in [1.54, 1.807) is 19.2 Å². The number of hydrogen-bond acceptors (Lipinski definition) is 3. The number of benzene rings is 1. The van der Waals surface area contributed by atoms with Gasteiger partial charge in [-0.2, -0.15) is 0 Å². The minimum Gasteiger partial charge on any atom is -0.496 e. The lowest BCUT2D eigenvalue weighted by Gasteiger charge is -2.25. The van der Waals surface area contributed by atoms with E-state index in [9.17, 15) is 0 Å². The quantitative estimate of drug-likeness (QED) is 0.777. The monoisotopic (exact) mass is 213 g/mol. The van der Waals surface area contributed by atoms with Gasteiger partial charge in [0.15, 0.2) is 0 Å². The second kappa shape index (κ2) is 3.67. The molecule has 76 valence electrons. The molecule has 0 unspecified atom stereocenters. The molecule has 14 heavy (non-hydrogen) atoms. The van der Waals surface area contributed by atoms with Crippen molar-refractivity contribution < 1.29 is 9.47 Å². The number of halogens is 1.